The number of aromatic nitrogens is 2. The minimum atomic E-state index is -3.39. The third kappa shape index (κ3) is 2.98. The van der Waals surface area contributed by atoms with Crippen molar-refractivity contribution >= 4 is 21.8 Å². The number of sulfonamides is 1. The Kier molecular flexibility index (Phi) is 4.58. The van der Waals surface area contributed by atoms with E-state index in [0.29, 0.717) is 11.4 Å². The predicted molar refractivity (Wildman–Crippen MR) is 77.7 cm³/mol. The van der Waals surface area contributed by atoms with Crippen molar-refractivity contribution in [3.8, 4) is 0 Å². The SMILES string of the molecule is CCCC1SCCN1S(=O)(=O)c1cnn(C(C)C)c1. The fraction of sp³-hybridized carbons (Fsp3) is 0.750. The Bertz CT molecular complexity index is 525. The summed E-state index contributed by atoms with van der Waals surface area (Å²) in [6.45, 7) is 6.65. The first-order valence-electron chi connectivity index (χ1n) is 6.64. The maximum atomic E-state index is 12.6. The zero-order valence-electron chi connectivity index (χ0n) is 11.6. The van der Waals surface area contributed by atoms with Crippen LogP contribution >= 0.6 is 11.8 Å². The molecule has 2 heterocycles. The van der Waals surface area contributed by atoms with Crippen LogP contribution in [-0.4, -0.2) is 40.2 Å². The first kappa shape index (κ1) is 14.9. The summed E-state index contributed by atoms with van der Waals surface area (Å²) >= 11 is 1.73. The number of thioether (sulfide) groups is 1. The highest BCUT2D eigenvalue weighted by molar-refractivity contribution is 8.01. The van der Waals surface area contributed by atoms with Gasteiger partial charge in [-0.1, -0.05) is 13.3 Å². The van der Waals surface area contributed by atoms with Gasteiger partial charge < -0.3 is 0 Å². The minimum Gasteiger partial charge on any atom is -0.269 e. The predicted octanol–water partition coefficient (Wildman–Crippen LogP) is 2.33. The first-order chi connectivity index (χ1) is 8.96. The molecule has 7 heteroatoms. The molecule has 0 radical (unpaired) electrons. The second-order valence-corrected chi connectivity index (χ2v) is 8.16. The Morgan fingerprint density at radius 1 is 1.53 bits per heavy atom. The van der Waals surface area contributed by atoms with E-state index in [-0.39, 0.29) is 11.4 Å². The third-order valence-corrected chi connectivity index (χ3v) is 6.48. The van der Waals surface area contributed by atoms with E-state index < -0.39 is 10.0 Å². The number of rotatable bonds is 5. The summed E-state index contributed by atoms with van der Waals surface area (Å²) in [5, 5.41) is 4.21. The van der Waals surface area contributed by atoms with Crippen LogP contribution in [0.15, 0.2) is 17.3 Å². The lowest BCUT2D eigenvalue weighted by molar-refractivity contribution is 0.411. The minimum absolute atomic E-state index is 0.0809. The average Bonchev–Trinajstić information content (AvgIpc) is 2.97. The summed E-state index contributed by atoms with van der Waals surface area (Å²) in [6.07, 6.45) is 4.99. The zero-order chi connectivity index (χ0) is 14.0. The first-order valence-corrected chi connectivity index (χ1v) is 9.13. The molecule has 1 atom stereocenters. The smallest absolute Gasteiger partial charge is 0.247 e. The summed E-state index contributed by atoms with van der Waals surface area (Å²) in [5.74, 6) is 0.877. The largest absolute Gasteiger partial charge is 0.269 e. The van der Waals surface area contributed by atoms with Gasteiger partial charge in [0.1, 0.15) is 4.90 Å². The van der Waals surface area contributed by atoms with Gasteiger partial charge in [0.15, 0.2) is 0 Å². The van der Waals surface area contributed by atoms with Crippen LogP contribution in [0.4, 0.5) is 0 Å². The standard InChI is InChI=1S/C12H21N3O2S2/c1-4-5-12-15(6-7-18-12)19(16,17)11-8-13-14(9-11)10(2)3/h8-10,12H,4-7H2,1-3H3. The molecule has 0 spiro atoms. The van der Waals surface area contributed by atoms with E-state index in [2.05, 4.69) is 12.0 Å². The van der Waals surface area contributed by atoms with Crippen LogP contribution < -0.4 is 0 Å². The van der Waals surface area contributed by atoms with Gasteiger partial charge in [0.2, 0.25) is 10.0 Å². The van der Waals surface area contributed by atoms with Crippen molar-refractivity contribution in [3.05, 3.63) is 12.4 Å². The third-order valence-electron chi connectivity index (χ3n) is 3.19. The highest BCUT2D eigenvalue weighted by Gasteiger charge is 2.36. The monoisotopic (exact) mass is 303 g/mol. The van der Waals surface area contributed by atoms with Crippen LogP contribution in [0.5, 0.6) is 0 Å². The van der Waals surface area contributed by atoms with Gasteiger partial charge in [0, 0.05) is 24.5 Å². The maximum Gasteiger partial charge on any atom is 0.247 e. The molecule has 19 heavy (non-hydrogen) atoms. The van der Waals surface area contributed by atoms with Gasteiger partial charge >= 0.3 is 0 Å². The Morgan fingerprint density at radius 3 is 2.84 bits per heavy atom. The van der Waals surface area contributed by atoms with Gasteiger partial charge in [-0.2, -0.15) is 9.40 Å². The molecule has 1 aliphatic heterocycles. The molecule has 0 aromatic carbocycles. The van der Waals surface area contributed by atoms with Crippen molar-refractivity contribution in [1.82, 2.24) is 14.1 Å². The van der Waals surface area contributed by atoms with E-state index >= 15 is 0 Å². The molecule has 0 aliphatic carbocycles. The molecule has 108 valence electrons. The number of hydrogen-bond donors (Lipinski definition) is 0. The summed E-state index contributed by atoms with van der Waals surface area (Å²) in [7, 11) is -3.39. The van der Waals surface area contributed by atoms with E-state index in [1.54, 1.807) is 26.9 Å². The fourth-order valence-electron chi connectivity index (χ4n) is 2.13. The highest BCUT2D eigenvalue weighted by atomic mass is 32.2. The van der Waals surface area contributed by atoms with Crippen molar-refractivity contribution in [2.45, 2.75) is 49.9 Å². The van der Waals surface area contributed by atoms with Crippen molar-refractivity contribution in [2.75, 3.05) is 12.3 Å². The van der Waals surface area contributed by atoms with Gasteiger partial charge in [-0.25, -0.2) is 8.42 Å². The van der Waals surface area contributed by atoms with E-state index in [4.69, 9.17) is 0 Å². The lowest BCUT2D eigenvalue weighted by Gasteiger charge is -2.21. The molecular formula is C12H21N3O2S2. The molecule has 1 unspecified atom stereocenters. The van der Waals surface area contributed by atoms with Crippen LogP contribution in [0, 0.1) is 0 Å². The summed E-state index contributed by atoms with van der Waals surface area (Å²) in [6, 6.07) is 0.170. The van der Waals surface area contributed by atoms with E-state index in [9.17, 15) is 8.42 Å². The molecule has 5 nitrogen and oxygen atoms in total. The quantitative estimate of drug-likeness (QED) is 0.838. The second kappa shape index (κ2) is 5.85. The molecular weight excluding hydrogens is 282 g/mol. The highest BCUT2D eigenvalue weighted by Crippen LogP contribution is 2.32. The summed E-state index contributed by atoms with van der Waals surface area (Å²) < 4.78 is 28.5. The van der Waals surface area contributed by atoms with E-state index in [1.807, 2.05) is 13.8 Å². The molecule has 1 aromatic rings. The molecule has 2 rings (SSSR count). The van der Waals surface area contributed by atoms with Gasteiger partial charge in [0.05, 0.1) is 11.6 Å². The van der Waals surface area contributed by atoms with Crippen LogP contribution in [-0.2, 0) is 10.0 Å². The molecule has 0 amide bonds. The van der Waals surface area contributed by atoms with Crippen LogP contribution in [0.25, 0.3) is 0 Å². The van der Waals surface area contributed by atoms with E-state index in [1.165, 1.54) is 6.20 Å². The number of nitrogens with zero attached hydrogens (tertiary/aromatic N) is 3. The zero-order valence-corrected chi connectivity index (χ0v) is 13.2. The molecule has 1 saturated heterocycles. The lowest BCUT2D eigenvalue weighted by atomic mass is 10.3. The Balaban J connectivity index is 2.25. The Hall–Kier alpha value is -0.530. The summed E-state index contributed by atoms with van der Waals surface area (Å²) in [5.41, 5.74) is 0. The second-order valence-electron chi connectivity index (χ2n) is 4.98. The molecule has 1 aromatic heterocycles. The lowest BCUT2D eigenvalue weighted by Crippen LogP contribution is -2.34. The molecule has 0 saturated carbocycles. The molecule has 1 fully saturated rings. The van der Waals surface area contributed by atoms with Gasteiger partial charge in [-0.15, -0.1) is 11.8 Å². The van der Waals surface area contributed by atoms with Crippen molar-refractivity contribution in [3.63, 3.8) is 0 Å². The van der Waals surface area contributed by atoms with Gasteiger partial charge in [-0.3, -0.25) is 4.68 Å². The van der Waals surface area contributed by atoms with Gasteiger partial charge in [0.25, 0.3) is 0 Å². The molecule has 0 bridgehead atoms. The number of hydrogen-bond acceptors (Lipinski definition) is 4. The van der Waals surface area contributed by atoms with Crippen LogP contribution in [0.1, 0.15) is 39.7 Å². The van der Waals surface area contributed by atoms with Crippen molar-refractivity contribution < 1.29 is 8.42 Å². The van der Waals surface area contributed by atoms with Crippen LogP contribution in [0.3, 0.4) is 0 Å². The van der Waals surface area contributed by atoms with Crippen molar-refractivity contribution in [2.24, 2.45) is 0 Å². The van der Waals surface area contributed by atoms with Crippen molar-refractivity contribution in [1.29, 1.82) is 0 Å². The normalized spacial score (nSPS) is 21.4. The Labute approximate surface area is 119 Å². The molecule has 1 aliphatic rings. The van der Waals surface area contributed by atoms with Gasteiger partial charge in [-0.05, 0) is 20.3 Å². The molecule has 0 N–H and O–H groups in total. The summed E-state index contributed by atoms with van der Waals surface area (Å²) in [4.78, 5) is 0.310. The maximum absolute atomic E-state index is 12.6. The van der Waals surface area contributed by atoms with E-state index in [0.717, 1.165) is 18.6 Å². The topological polar surface area (TPSA) is 55.2 Å². The fourth-order valence-corrected chi connectivity index (χ4v) is 5.45. The average molecular weight is 303 g/mol. The Morgan fingerprint density at radius 2 is 2.26 bits per heavy atom. The van der Waals surface area contributed by atoms with Crippen LogP contribution in [0.2, 0.25) is 0 Å².